The molecular weight excluding hydrogens is 414 g/mol. The summed E-state index contributed by atoms with van der Waals surface area (Å²) in [6.07, 6.45) is 5.94. The zero-order valence-corrected chi connectivity index (χ0v) is 18.5. The number of fused-ring (bicyclic) bond motifs is 1. The fourth-order valence-corrected chi connectivity index (χ4v) is 4.76. The predicted molar refractivity (Wildman–Crippen MR) is 127 cm³/mol. The Labute approximate surface area is 192 Å². The lowest BCUT2D eigenvalue weighted by atomic mass is 9.85. The second kappa shape index (κ2) is 8.39. The van der Waals surface area contributed by atoms with Crippen LogP contribution in [0.15, 0.2) is 59.3 Å². The van der Waals surface area contributed by atoms with Gasteiger partial charge in [-0.25, -0.2) is 0 Å². The Morgan fingerprint density at radius 1 is 1.03 bits per heavy atom. The van der Waals surface area contributed by atoms with Crippen LogP contribution in [0.25, 0.3) is 22.3 Å². The normalized spacial score (nSPS) is 16.8. The quantitative estimate of drug-likeness (QED) is 0.497. The number of nitrogens with one attached hydrogen (secondary N) is 1. The average Bonchev–Trinajstić information content (AvgIpc) is 3.46. The van der Waals surface area contributed by atoms with Crippen molar-refractivity contribution in [3.8, 4) is 11.4 Å². The molecule has 1 saturated carbocycles. The molecule has 0 bridgehead atoms. The van der Waals surface area contributed by atoms with Crippen molar-refractivity contribution in [2.75, 3.05) is 31.1 Å². The lowest BCUT2D eigenvalue weighted by Gasteiger charge is -2.36. The summed E-state index contributed by atoms with van der Waals surface area (Å²) in [4.78, 5) is 25.1. The third kappa shape index (κ3) is 3.88. The number of carbonyl (C=O) groups is 1. The smallest absolute Gasteiger partial charge is 0.230 e. The van der Waals surface area contributed by atoms with Crippen LogP contribution in [0.3, 0.4) is 0 Å². The molecule has 2 aromatic heterocycles. The topological polar surface area (TPSA) is 78.3 Å². The summed E-state index contributed by atoms with van der Waals surface area (Å²) < 4.78 is 5.45. The summed E-state index contributed by atoms with van der Waals surface area (Å²) in [6, 6.07) is 16.5. The maximum Gasteiger partial charge on any atom is 0.230 e. The van der Waals surface area contributed by atoms with Crippen LogP contribution >= 0.6 is 0 Å². The van der Waals surface area contributed by atoms with E-state index in [4.69, 9.17) is 4.52 Å². The standard InChI is InChI=1S/C26H27N5O2/c32-24(16-20-17-27-23-7-2-1-6-22(20)23)31-14-12-30(13-15-31)21-10-8-18(9-11-21)25-28-26(33-29-25)19-4-3-5-19/h1-2,6-11,17,19,27H,3-5,12-16H2. The molecule has 33 heavy (non-hydrogen) atoms. The van der Waals surface area contributed by atoms with Crippen LogP contribution in [0.1, 0.15) is 36.6 Å². The van der Waals surface area contributed by atoms with Gasteiger partial charge in [0.1, 0.15) is 0 Å². The van der Waals surface area contributed by atoms with Gasteiger partial charge in [-0.2, -0.15) is 4.98 Å². The number of aromatic amines is 1. The number of rotatable bonds is 5. The second-order valence-corrected chi connectivity index (χ2v) is 9.04. The lowest BCUT2D eigenvalue weighted by Crippen LogP contribution is -2.49. The zero-order chi connectivity index (χ0) is 22.2. The number of para-hydroxylation sites is 1. The number of hydrogen-bond donors (Lipinski definition) is 1. The number of H-pyrrole nitrogens is 1. The van der Waals surface area contributed by atoms with Crippen LogP contribution in [-0.2, 0) is 11.2 Å². The van der Waals surface area contributed by atoms with Gasteiger partial charge in [-0.05, 0) is 48.7 Å². The first kappa shape index (κ1) is 20.0. The minimum absolute atomic E-state index is 0.189. The Morgan fingerprint density at radius 3 is 2.58 bits per heavy atom. The number of benzene rings is 2. The Balaban J connectivity index is 1.06. The number of aromatic nitrogens is 3. The van der Waals surface area contributed by atoms with Crippen molar-refractivity contribution < 1.29 is 9.32 Å². The van der Waals surface area contributed by atoms with E-state index in [-0.39, 0.29) is 5.91 Å². The molecule has 1 saturated heterocycles. The van der Waals surface area contributed by atoms with Gasteiger partial charge < -0.3 is 19.3 Å². The van der Waals surface area contributed by atoms with Gasteiger partial charge >= 0.3 is 0 Å². The number of piperazine rings is 1. The van der Waals surface area contributed by atoms with Gasteiger partial charge in [0, 0.05) is 60.4 Å². The highest BCUT2D eigenvalue weighted by molar-refractivity contribution is 5.89. The highest BCUT2D eigenvalue weighted by Crippen LogP contribution is 2.36. The van der Waals surface area contributed by atoms with Crippen LogP contribution in [0.5, 0.6) is 0 Å². The molecule has 0 atom stereocenters. The Kier molecular flexibility index (Phi) is 5.09. The summed E-state index contributed by atoms with van der Waals surface area (Å²) in [5.74, 6) is 2.07. The molecule has 1 amide bonds. The molecule has 0 spiro atoms. The second-order valence-electron chi connectivity index (χ2n) is 9.04. The number of anilines is 1. The first-order chi connectivity index (χ1) is 16.2. The van der Waals surface area contributed by atoms with Gasteiger partial charge in [-0.3, -0.25) is 4.79 Å². The predicted octanol–water partition coefficient (Wildman–Crippen LogP) is 4.38. The number of hydrogen-bond acceptors (Lipinski definition) is 5. The molecule has 2 aromatic carbocycles. The SMILES string of the molecule is O=C(Cc1c[nH]c2ccccc12)N1CCN(c2ccc(-c3noc(C4CCC4)n3)cc2)CC1. The lowest BCUT2D eigenvalue weighted by molar-refractivity contribution is -0.130. The molecule has 1 N–H and O–H groups in total. The van der Waals surface area contributed by atoms with E-state index >= 15 is 0 Å². The molecule has 7 nitrogen and oxygen atoms in total. The molecule has 6 rings (SSSR count). The first-order valence-corrected chi connectivity index (χ1v) is 11.8. The van der Waals surface area contributed by atoms with Crippen molar-refractivity contribution in [1.29, 1.82) is 0 Å². The van der Waals surface area contributed by atoms with E-state index < -0.39 is 0 Å². The van der Waals surface area contributed by atoms with E-state index in [0.29, 0.717) is 18.2 Å². The van der Waals surface area contributed by atoms with E-state index in [1.807, 2.05) is 29.3 Å². The molecule has 2 fully saturated rings. The van der Waals surface area contributed by atoms with E-state index in [0.717, 1.165) is 72.6 Å². The zero-order valence-electron chi connectivity index (χ0n) is 18.5. The molecule has 1 aliphatic carbocycles. The molecule has 168 valence electrons. The van der Waals surface area contributed by atoms with Crippen molar-refractivity contribution in [2.45, 2.75) is 31.6 Å². The van der Waals surface area contributed by atoms with E-state index in [1.165, 1.54) is 6.42 Å². The van der Waals surface area contributed by atoms with Crippen LogP contribution in [-0.4, -0.2) is 52.1 Å². The summed E-state index contributed by atoms with van der Waals surface area (Å²) >= 11 is 0. The van der Waals surface area contributed by atoms with E-state index in [2.05, 4.69) is 50.4 Å². The molecule has 2 aliphatic rings. The summed E-state index contributed by atoms with van der Waals surface area (Å²) in [7, 11) is 0. The van der Waals surface area contributed by atoms with Crippen LogP contribution in [0.2, 0.25) is 0 Å². The molecule has 1 aliphatic heterocycles. The van der Waals surface area contributed by atoms with E-state index in [1.54, 1.807) is 0 Å². The summed E-state index contributed by atoms with van der Waals surface area (Å²) in [5.41, 5.74) is 4.27. The van der Waals surface area contributed by atoms with Crippen molar-refractivity contribution >= 4 is 22.5 Å². The maximum absolute atomic E-state index is 12.9. The van der Waals surface area contributed by atoms with Gasteiger partial charge in [0.25, 0.3) is 0 Å². The minimum Gasteiger partial charge on any atom is -0.368 e. The van der Waals surface area contributed by atoms with Crippen LogP contribution < -0.4 is 4.90 Å². The van der Waals surface area contributed by atoms with Crippen molar-refractivity contribution in [1.82, 2.24) is 20.0 Å². The number of amides is 1. The Bertz CT molecular complexity index is 1260. The van der Waals surface area contributed by atoms with Crippen LogP contribution in [0, 0.1) is 0 Å². The number of nitrogens with zero attached hydrogens (tertiary/aromatic N) is 4. The fraction of sp³-hybridized carbons (Fsp3) is 0.346. The van der Waals surface area contributed by atoms with Gasteiger partial charge in [-0.15, -0.1) is 0 Å². The summed E-state index contributed by atoms with van der Waals surface area (Å²) in [5, 5.41) is 5.29. The Hall–Kier alpha value is -3.61. The molecule has 0 unspecified atom stereocenters. The van der Waals surface area contributed by atoms with Crippen molar-refractivity contribution in [3.05, 3.63) is 66.2 Å². The van der Waals surface area contributed by atoms with Gasteiger partial charge in [0.2, 0.25) is 17.6 Å². The van der Waals surface area contributed by atoms with Crippen molar-refractivity contribution in [2.24, 2.45) is 0 Å². The largest absolute Gasteiger partial charge is 0.368 e. The van der Waals surface area contributed by atoms with Gasteiger partial charge in [-0.1, -0.05) is 29.8 Å². The highest BCUT2D eigenvalue weighted by Gasteiger charge is 2.26. The minimum atomic E-state index is 0.189. The Morgan fingerprint density at radius 2 is 1.82 bits per heavy atom. The maximum atomic E-state index is 12.9. The molecule has 7 heteroatoms. The van der Waals surface area contributed by atoms with Crippen molar-refractivity contribution in [3.63, 3.8) is 0 Å². The average molecular weight is 442 g/mol. The monoisotopic (exact) mass is 441 g/mol. The van der Waals surface area contributed by atoms with Gasteiger partial charge in [0.15, 0.2) is 0 Å². The molecule has 3 heterocycles. The number of carbonyl (C=O) groups excluding carboxylic acids is 1. The highest BCUT2D eigenvalue weighted by atomic mass is 16.5. The fourth-order valence-electron chi connectivity index (χ4n) is 4.76. The third-order valence-corrected chi connectivity index (χ3v) is 7.04. The van der Waals surface area contributed by atoms with E-state index in [9.17, 15) is 4.79 Å². The van der Waals surface area contributed by atoms with Gasteiger partial charge in [0.05, 0.1) is 6.42 Å². The third-order valence-electron chi connectivity index (χ3n) is 7.04. The molecule has 4 aromatic rings. The van der Waals surface area contributed by atoms with Crippen LogP contribution in [0.4, 0.5) is 5.69 Å². The first-order valence-electron chi connectivity index (χ1n) is 11.8. The molecular formula is C26H27N5O2. The molecule has 0 radical (unpaired) electrons. The summed E-state index contributed by atoms with van der Waals surface area (Å²) in [6.45, 7) is 3.12.